The van der Waals surface area contributed by atoms with Crippen molar-refractivity contribution >= 4 is 22.9 Å². The minimum atomic E-state index is -0.492. The molecule has 22 heavy (non-hydrogen) atoms. The SMILES string of the molecule is Cc1nc(C(C)NC(=O)COc2ccc([N+](=O)[O-])cc2)cs1. The number of ether oxygens (including phenoxy) is 1. The number of rotatable bonds is 6. The Balaban J connectivity index is 1.83. The molecule has 1 amide bonds. The highest BCUT2D eigenvalue weighted by Gasteiger charge is 2.13. The minimum absolute atomic E-state index is 0.0238. The highest BCUT2D eigenvalue weighted by Crippen LogP contribution is 2.18. The smallest absolute Gasteiger partial charge is 0.269 e. The fraction of sp³-hybridized carbons (Fsp3) is 0.286. The third kappa shape index (κ3) is 4.26. The molecule has 1 atom stereocenters. The van der Waals surface area contributed by atoms with Crippen molar-refractivity contribution in [3.05, 3.63) is 50.5 Å². The molecular weight excluding hydrogens is 306 g/mol. The number of non-ortho nitro benzene ring substituents is 1. The van der Waals surface area contributed by atoms with E-state index in [1.54, 1.807) is 0 Å². The van der Waals surface area contributed by atoms with Crippen LogP contribution in [0.15, 0.2) is 29.6 Å². The molecule has 7 nitrogen and oxygen atoms in total. The monoisotopic (exact) mass is 321 g/mol. The number of nitrogens with one attached hydrogen (secondary N) is 1. The molecule has 0 spiro atoms. The van der Waals surface area contributed by atoms with Gasteiger partial charge >= 0.3 is 0 Å². The van der Waals surface area contributed by atoms with Crippen LogP contribution in [0, 0.1) is 17.0 Å². The van der Waals surface area contributed by atoms with Crippen molar-refractivity contribution in [2.75, 3.05) is 6.61 Å². The number of benzene rings is 1. The van der Waals surface area contributed by atoms with Crippen molar-refractivity contribution in [3.8, 4) is 5.75 Å². The lowest BCUT2D eigenvalue weighted by molar-refractivity contribution is -0.384. The van der Waals surface area contributed by atoms with Crippen LogP contribution < -0.4 is 10.1 Å². The van der Waals surface area contributed by atoms with Crippen LogP contribution in [0.3, 0.4) is 0 Å². The molecule has 116 valence electrons. The van der Waals surface area contributed by atoms with Crippen molar-refractivity contribution in [2.45, 2.75) is 19.9 Å². The van der Waals surface area contributed by atoms with Crippen molar-refractivity contribution in [3.63, 3.8) is 0 Å². The van der Waals surface area contributed by atoms with Crippen LogP contribution >= 0.6 is 11.3 Å². The number of hydrogen-bond acceptors (Lipinski definition) is 6. The number of nitrogens with zero attached hydrogens (tertiary/aromatic N) is 2. The first-order valence-corrected chi connectivity index (χ1v) is 7.42. The Labute approximate surface area is 131 Å². The topological polar surface area (TPSA) is 94.4 Å². The van der Waals surface area contributed by atoms with E-state index < -0.39 is 4.92 Å². The molecule has 8 heteroatoms. The first-order valence-electron chi connectivity index (χ1n) is 6.54. The maximum Gasteiger partial charge on any atom is 0.269 e. The molecule has 0 aliphatic rings. The minimum Gasteiger partial charge on any atom is -0.484 e. The summed E-state index contributed by atoms with van der Waals surface area (Å²) in [6.45, 7) is 3.59. The van der Waals surface area contributed by atoms with Crippen LogP contribution in [-0.2, 0) is 4.79 Å². The Morgan fingerprint density at radius 3 is 2.68 bits per heavy atom. The molecule has 0 aliphatic carbocycles. The summed E-state index contributed by atoms with van der Waals surface area (Å²) < 4.78 is 5.29. The van der Waals surface area contributed by atoms with Gasteiger partial charge in [0.2, 0.25) is 0 Å². The zero-order valence-corrected chi connectivity index (χ0v) is 12.9. The van der Waals surface area contributed by atoms with E-state index in [1.807, 2.05) is 19.2 Å². The van der Waals surface area contributed by atoms with E-state index in [1.165, 1.54) is 35.6 Å². The third-order valence-corrected chi connectivity index (χ3v) is 3.67. The largest absolute Gasteiger partial charge is 0.484 e. The first kappa shape index (κ1) is 15.9. The van der Waals surface area contributed by atoms with Gasteiger partial charge in [-0.25, -0.2) is 4.98 Å². The molecule has 1 N–H and O–H groups in total. The van der Waals surface area contributed by atoms with Gasteiger partial charge in [0.05, 0.1) is 21.7 Å². The number of aryl methyl sites for hydroxylation is 1. The Kier molecular flexibility index (Phi) is 5.05. The number of hydrogen-bond donors (Lipinski definition) is 1. The van der Waals surface area contributed by atoms with E-state index in [-0.39, 0.29) is 24.2 Å². The van der Waals surface area contributed by atoms with Gasteiger partial charge in [-0.15, -0.1) is 11.3 Å². The van der Waals surface area contributed by atoms with E-state index in [9.17, 15) is 14.9 Å². The number of carbonyl (C=O) groups excluding carboxylic acids is 1. The summed E-state index contributed by atoms with van der Waals surface area (Å²) >= 11 is 1.52. The number of amides is 1. The molecule has 1 aromatic heterocycles. The Hall–Kier alpha value is -2.48. The van der Waals surface area contributed by atoms with Gasteiger partial charge in [0, 0.05) is 17.5 Å². The zero-order valence-electron chi connectivity index (χ0n) is 12.1. The second kappa shape index (κ2) is 6.99. The third-order valence-electron chi connectivity index (χ3n) is 2.88. The number of nitro groups is 1. The van der Waals surface area contributed by atoms with Crippen LogP contribution in [-0.4, -0.2) is 22.4 Å². The fourth-order valence-electron chi connectivity index (χ4n) is 1.75. The normalized spacial score (nSPS) is 11.7. The number of thiazole rings is 1. The lowest BCUT2D eigenvalue weighted by Gasteiger charge is -2.12. The predicted molar refractivity (Wildman–Crippen MR) is 82.0 cm³/mol. The van der Waals surface area contributed by atoms with Crippen LogP contribution in [0.4, 0.5) is 5.69 Å². The maximum absolute atomic E-state index is 11.8. The van der Waals surface area contributed by atoms with Gasteiger partial charge in [-0.05, 0) is 26.0 Å². The first-order chi connectivity index (χ1) is 10.5. The average molecular weight is 321 g/mol. The summed E-state index contributed by atoms with van der Waals surface area (Å²) in [6.07, 6.45) is 0. The lowest BCUT2D eigenvalue weighted by atomic mass is 10.2. The van der Waals surface area contributed by atoms with E-state index >= 15 is 0 Å². The van der Waals surface area contributed by atoms with Gasteiger partial charge in [-0.2, -0.15) is 0 Å². The van der Waals surface area contributed by atoms with Crippen molar-refractivity contribution in [1.29, 1.82) is 0 Å². The number of aromatic nitrogens is 1. The summed E-state index contributed by atoms with van der Waals surface area (Å²) in [6, 6.07) is 5.37. The quantitative estimate of drug-likeness (QED) is 0.652. The Bertz CT molecular complexity index is 669. The maximum atomic E-state index is 11.8. The van der Waals surface area contributed by atoms with Gasteiger partial charge in [0.15, 0.2) is 6.61 Å². The molecule has 2 aromatic rings. The van der Waals surface area contributed by atoms with Gasteiger partial charge < -0.3 is 10.1 Å². The molecule has 1 unspecified atom stereocenters. The molecule has 0 bridgehead atoms. The van der Waals surface area contributed by atoms with E-state index in [0.29, 0.717) is 5.75 Å². The highest BCUT2D eigenvalue weighted by atomic mass is 32.1. The van der Waals surface area contributed by atoms with Crippen LogP contribution in [0.2, 0.25) is 0 Å². The second-order valence-corrected chi connectivity index (χ2v) is 5.68. The average Bonchev–Trinajstić information content (AvgIpc) is 2.92. The van der Waals surface area contributed by atoms with E-state index in [0.717, 1.165) is 10.7 Å². The molecule has 0 aliphatic heterocycles. The zero-order chi connectivity index (χ0) is 16.1. The summed E-state index contributed by atoms with van der Waals surface area (Å²) in [5.41, 5.74) is 0.788. The molecular formula is C14H15N3O4S. The van der Waals surface area contributed by atoms with Crippen molar-refractivity contribution in [2.24, 2.45) is 0 Å². The summed E-state index contributed by atoms with van der Waals surface area (Å²) in [5.74, 6) is 0.120. The number of carbonyl (C=O) groups is 1. The van der Waals surface area contributed by atoms with E-state index in [4.69, 9.17) is 4.74 Å². The van der Waals surface area contributed by atoms with Crippen LogP contribution in [0.1, 0.15) is 23.7 Å². The number of nitro benzene ring substituents is 1. The molecule has 0 radical (unpaired) electrons. The Morgan fingerprint density at radius 1 is 1.45 bits per heavy atom. The van der Waals surface area contributed by atoms with Gasteiger partial charge in [-0.1, -0.05) is 0 Å². The molecule has 0 saturated carbocycles. The second-order valence-electron chi connectivity index (χ2n) is 4.62. The fourth-order valence-corrected chi connectivity index (χ4v) is 2.46. The summed E-state index contributed by atoms with van der Waals surface area (Å²) in [5, 5.41) is 16.2. The summed E-state index contributed by atoms with van der Waals surface area (Å²) in [7, 11) is 0. The standard InChI is InChI=1S/C14H15N3O4S/c1-9(13-8-22-10(2)16-13)15-14(18)7-21-12-5-3-11(4-6-12)17(19)20/h3-6,8-9H,7H2,1-2H3,(H,15,18). The predicted octanol–water partition coefficient (Wildman–Crippen LogP) is 2.62. The molecule has 1 aromatic carbocycles. The van der Waals surface area contributed by atoms with Crippen molar-refractivity contribution in [1.82, 2.24) is 10.3 Å². The molecule has 0 saturated heterocycles. The Morgan fingerprint density at radius 2 is 2.14 bits per heavy atom. The van der Waals surface area contributed by atoms with Crippen molar-refractivity contribution < 1.29 is 14.5 Å². The molecule has 0 fully saturated rings. The summed E-state index contributed by atoms with van der Waals surface area (Å²) in [4.78, 5) is 26.2. The lowest BCUT2D eigenvalue weighted by Crippen LogP contribution is -2.31. The molecule has 2 rings (SSSR count). The van der Waals surface area contributed by atoms with Crippen LogP contribution in [0.5, 0.6) is 5.75 Å². The molecule has 1 heterocycles. The van der Waals surface area contributed by atoms with Gasteiger partial charge in [0.1, 0.15) is 5.75 Å². The van der Waals surface area contributed by atoms with Gasteiger partial charge in [-0.3, -0.25) is 14.9 Å². The van der Waals surface area contributed by atoms with Crippen LogP contribution in [0.25, 0.3) is 0 Å². The van der Waals surface area contributed by atoms with Gasteiger partial charge in [0.25, 0.3) is 11.6 Å². The highest BCUT2D eigenvalue weighted by molar-refractivity contribution is 7.09. The van der Waals surface area contributed by atoms with E-state index in [2.05, 4.69) is 10.3 Å².